The van der Waals surface area contributed by atoms with E-state index in [9.17, 15) is 14.9 Å². The third kappa shape index (κ3) is 2.74. The zero-order valence-electron chi connectivity index (χ0n) is 8.08. The predicted octanol–water partition coefficient (Wildman–Crippen LogP) is -0.268. The highest BCUT2D eigenvalue weighted by Gasteiger charge is 2.15. The summed E-state index contributed by atoms with van der Waals surface area (Å²) >= 11 is 0. The number of carbonyl (C=O) groups excluding carboxylic acids is 1. The highest BCUT2D eigenvalue weighted by atomic mass is 16.6. The molecular weight excluding hydrogens is 202 g/mol. The number of nitrogens with one attached hydrogen (secondary N) is 1. The van der Waals surface area contributed by atoms with Crippen LogP contribution < -0.4 is 11.3 Å². The van der Waals surface area contributed by atoms with E-state index in [1.165, 1.54) is 17.1 Å². The molecule has 0 bridgehead atoms. The Bertz CT molecular complexity index is 374. The summed E-state index contributed by atoms with van der Waals surface area (Å²) in [7, 11) is 0. The summed E-state index contributed by atoms with van der Waals surface area (Å²) in [5.41, 5.74) is 1.99. The van der Waals surface area contributed by atoms with E-state index in [1.807, 2.05) is 5.43 Å². The van der Waals surface area contributed by atoms with E-state index in [0.29, 0.717) is 0 Å². The Labute approximate surface area is 85.2 Å². The van der Waals surface area contributed by atoms with Gasteiger partial charge in [0.25, 0.3) is 0 Å². The molecule has 8 heteroatoms. The van der Waals surface area contributed by atoms with Crippen molar-refractivity contribution in [1.29, 1.82) is 0 Å². The van der Waals surface area contributed by atoms with Gasteiger partial charge in [0.1, 0.15) is 6.20 Å². The number of nitro groups is 1. The van der Waals surface area contributed by atoms with Crippen LogP contribution in [0.25, 0.3) is 0 Å². The number of imidazole rings is 1. The van der Waals surface area contributed by atoms with Crippen molar-refractivity contribution >= 4 is 11.7 Å². The number of nitrogens with two attached hydrogens (primary N) is 1. The summed E-state index contributed by atoms with van der Waals surface area (Å²) in [4.78, 5) is 24.3. The van der Waals surface area contributed by atoms with E-state index < -0.39 is 4.92 Å². The Morgan fingerprint density at radius 2 is 2.53 bits per heavy atom. The summed E-state index contributed by atoms with van der Waals surface area (Å²) in [6.07, 6.45) is 2.73. The van der Waals surface area contributed by atoms with E-state index in [0.717, 1.165) is 0 Å². The van der Waals surface area contributed by atoms with Gasteiger partial charge in [-0.15, -0.1) is 0 Å². The van der Waals surface area contributed by atoms with E-state index in [2.05, 4.69) is 4.98 Å². The lowest BCUT2D eigenvalue weighted by atomic mass is 10.2. The van der Waals surface area contributed by atoms with Crippen molar-refractivity contribution in [1.82, 2.24) is 15.0 Å². The number of hydrogen-bond acceptors (Lipinski definition) is 5. The lowest BCUT2D eigenvalue weighted by Gasteiger charge is -2.09. The fourth-order valence-electron chi connectivity index (χ4n) is 1.09. The molecule has 3 N–H and O–H groups in total. The van der Waals surface area contributed by atoms with Gasteiger partial charge in [-0.1, -0.05) is 0 Å². The van der Waals surface area contributed by atoms with Crippen molar-refractivity contribution in [2.75, 3.05) is 0 Å². The Morgan fingerprint density at radius 1 is 1.87 bits per heavy atom. The van der Waals surface area contributed by atoms with Crippen LogP contribution in [0.2, 0.25) is 0 Å². The normalized spacial score (nSPS) is 12.1. The molecule has 1 heterocycles. The van der Waals surface area contributed by atoms with E-state index in [-0.39, 0.29) is 24.2 Å². The average Bonchev–Trinajstić information content (AvgIpc) is 2.66. The van der Waals surface area contributed by atoms with Crippen molar-refractivity contribution < 1.29 is 9.72 Å². The lowest BCUT2D eigenvalue weighted by molar-refractivity contribution is -0.389. The Balaban J connectivity index is 2.69. The van der Waals surface area contributed by atoms with Crippen molar-refractivity contribution in [2.45, 2.75) is 19.4 Å². The van der Waals surface area contributed by atoms with Gasteiger partial charge in [-0.3, -0.25) is 10.2 Å². The molecule has 0 aromatic carbocycles. The zero-order valence-corrected chi connectivity index (χ0v) is 8.08. The molecule has 1 rings (SSSR count). The van der Waals surface area contributed by atoms with Gasteiger partial charge >= 0.3 is 5.82 Å². The minimum Gasteiger partial charge on any atom is -0.358 e. The molecule has 0 saturated carbocycles. The van der Waals surface area contributed by atoms with Crippen LogP contribution in [0.1, 0.15) is 19.4 Å². The molecule has 1 atom stereocenters. The van der Waals surface area contributed by atoms with Crippen LogP contribution in [-0.2, 0) is 4.79 Å². The highest BCUT2D eigenvalue weighted by molar-refractivity contribution is 5.75. The van der Waals surface area contributed by atoms with E-state index >= 15 is 0 Å². The number of rotatable bonds is 4. The second kappa shape index (κ2) is 4.51. The second-order valence-corrected chi connectivity index (χ2v) is 3.06. The van der Waals surface area contributed by atoms with Gasteiger partial charge < -0.3 is 14.7 Å². The van der Waals surface area contributed by atoms with E-state index in [1.54, 1.807) is 6.92 Å². The van der Waals surface area contributed by atoms with Gasteiger partial charge in [0.15, 0.2) is 0 Å². The smallest absolute Gasteiger partial charge is 0.358 e. The molecule has 0 saturated heterocycles. The third-order valence-corrected chi connectivity index (χ3v) is 1.93. The first kappa shape index (κ1) is 11.1. The van der Waals surface area contributed by atoms with Gasteiger partial charge in [-0.25, -0.2) is 5.84 Å². The monoisotopic (exact) mass is 213 g/mol. The Morgan fingerprint density at radius 3 is 3.00 bits per heavy atom. The SMILES string of the molecule is CC(CC(=O)NN)n1cnc([N+](=O)[O-])c1. The maximum Gasteiger partial charge on any atom is 0.381 e. The van der Waals surface area contributed by atoms with Gasteiger partial charge in [0, 0.05) is 12.5 Å². The van der Waals surface area contributed by atoms with Crippen LogP contribution in [-0.4, -0.2) is 20.4 Å². The van der Waals surface area contributed by atoms with Crippen LogP contribution in [0.15, 0.2) is 12.5 Å². The molecule has 15 heavy (non-hydrogen) atoms. The highest BCUT2D eigenvalue weighted by Crippen LogP contribution is 2.14. The molecule has 1 aromatic rings. The minimum absolute atomic E-state index is 0.143. The zero-order chi connectivity index (χ0) is 11.4. The van der Waals surface area contributed by atoms with Gasteiger partial charge in [0.2, 0.25) is 12.2 Å². The summed E-state index contributed by atoms with van der Waals surface area (Å²) in [6.45, 7) is 1.74. The molecular formula is C7H11N5O3. The van der Waals surface area contributed by atoms with Crippen LogP contribution in [0.3, 0.4) is 0 Å². The van der Waals surface area contributed by atoms with Crippen LogP contribution in [0.5, 0.6) is 0 Å². The predicted molar refractivity (Wildman–Crippen MR) is 50.5 cm³/mol. The Hall–Kier alpha value is -1.96. The standard InChI is InChI=1S/C7H11N5O3/c1-5(2-7(13)10-8)11-3-6(9-4-11)12(14)15/h3-5H,2,8H2,1H3,(H,10,13). The largest absolute Gasteiger partial charge is 0.381 e. The maximum atomic E-state index is 10.9. The average molecular weight is 213 g/mol. The number of carbonyl (C=O) groups is 1. The molecule has 8 nitrogen and oxygen atoms in total. The minimum atomic E-state index is -0.591. The molecule has 0 spiro atoms. The number of hydrazine groups is 1. The first-order chi connectivity index (χ1) is 7.04. The van der Waals surface area contributed by atoms with Crippen LogP contribution in [0.4, 0.5) is 5.82 Å². The molecule has 0 aliphatic heterocycles. The van der Waals surface area contributed by atoms with Crippen molar-refractivity contribution in [3.63, 3.8) is 0 Å². The fourth-order valence-corrected chi connectivity index (χ4v) is 1.09. The number of amides is 1. The maximum absolute atomic E-state index is 10.9. The van der Waals surface area contributed by atoms with Crippen molar-refractivity contribution in [3.8, 4) is 0 Å². The molecule has 0 aliphatic rings. The van der Waals surface area contributed by atoms with Crippen molar-refractivity contribution in [2.24, 2.45) is 5.84 Å². The lowest BCUT2D eigenvalue weighted by Crippen LogP contribution is -2.31. The molecule has 1 amide bonds. The van der Waals surface area contributed by atoms with E-state index in [4.69, 9.17) is 5.84 Å². The summed E-state index contributed by atoms with van der Waals surface area (Å²) in [5.74, 6) is 4.34. The van der Waals surface area contributed by atoms with Crippen molar-refractivity contribution in [3.05, 3.63) is 22.6 Å². The fraction of sp³-hybridized carbons (Fsp3) is 0.429. The molecule has 0 aliphatic carbocycles. The van der Waals surface area contributed by atoms with Gasteiger partial charge in [0.05, 0.1) is 0 Å². The summed E-state index contributed by atoms with van der Waals surface area (Å²) in [5, 5.41) is 10.3. The number of hydrogen-bond donors (Lipinski definition) is 2. The molecule has 0 radical (unpaired) electrons. The van der Waals surface area contributed by atoms with Gasteiger partial charge in [-0.2, -0.15) is 0 Å². The summed E-state index contributed by atoms with van der Waals surface area (Å²) < 4.78 is 1.49. The van der Waals surface area contributed by atoms with Crippen LogP contribution >= 0.6 is 0 Å². The first-order valence-electron chi connectivity index (χ1n) is 4.22. The quantitative estimate of drug-likeness (QED) is 0.309. The molecule has 1 aromatic heterocycles. The third-order valence-electron chi connectivity index (χ3n) is 1.93. The molecule has 0 fully saturated rings. The van der Waals surface area contributed by atoms with Gasteiger partial charge in [-0.05, 0) is 16.8 Å². The van der Waals surface area contributed by atoms with Crippen LogP contribution in [0, 0.1) is 10.1 Å². The second-order valence-electron chi connectivity index (χ2n) is 3.06. The molecule has 1 unspecified atom stereocenters. The first-order valence-corrected chi connectivity index (χ1v) is 4.22. The number of nitrogens with zero attached hydrogens (tertiary/aromatic N) is 3. The number of aromatic nitrogens is 2. The summed E-state index contributed by atoms with van der Waals surface area (Å²) in [6, 6.07) is -0.227. The topological polar surface area (TPSA) is 116 Å². The Kier molecular flexibility index (Phi) is 3.34. The molecule has 82 valence electrons.